The molecule has 5 nitrogen and oxygen atoms in total. The normalized spacial score (nSPS) is 19.4. The molecule has 1 saturated heterocycles. The highest BCUT2D eigenvalue weighted by Gasteiger charge is 2.25. The third kappa shape index (κ3) is 5.90. The van der Waals surface area contributed by atoms with Crippen molar-refractivity contribution < 1.29 is 9.59 Å². The van der Waals surface area contributed by atoms with Gasteiger partial charge in [0, 0.05) is 49.8 Å². The highest BCUT2D eigenvalue weighted by atomic mass is 32.2. The van der Waals surface area contributed by atoms with E-state index in [1.807, 2.05) is 17.9 Å². The fraction of sp³-hybridized carbons (Fsp3) is 0.636. The molecule has 1 heterocycles. The van der Waals surface area contributed by atoms with Crippen molar-refractivity contribution in [2.24, 2.45) is 0 Å². The molecular formula is C22H33N3O2S. The standard InChI is InChI=1S/C22H33N3O2S/c1-17(22(27)25-13-11-24(12-14-25)18(2)26)23-20-8-6-7-19(15-20)16-28-21-9-4-3-5-10-21/h6-8,15,17,21,23H,3-5,9-14,16H2,1-2H3. The van der Waals surface area contributed by atoms with E-state index in [-0.39, 0.29) is 17.9 Å². The molecule has 1 saturated carbocycles. The van der Waals surface area contributed by atoms with Crippen LogP contribution in [0.3, 0.4) is 0 Å². The first kappa shape index (κ1) is 21.0. The Morgan fingerprint density at radius 2 is 1.79 bits per heavy atom. The predicted molar refractivity (Wildman–Crippen MR) is 117 cm³/mol. The van der Waals surface area contributed by atoms with E-state index in [9.17, 15) is 9.59 Å². The molecule has 0 spiro atoms. The summed E-state index contributed by atoms with van der Waals surface area (Å²) < 4.78 is 0. The highest BCUT2D eigenvalue weighted by Crippen LogP contribution is 2.30. The van der Waals surface area contributed by atoms with Gasteiger partial charge < -0.3 is 15.1 Å². The first-order valence-corrected chi connectivity index (χ1v) is 11.6. The fourth-order valence-corrected chi connectivity index (χ4v) is 5.30. The number of benzene rings is 1. The summed E-state index contributed by atoms with van der Waals surface area (Å²) in [7, 11) is 0. The lowest BCUT2D eigenvalue weighted by Crippen LogP contribution is -2.53. The van der Waals surface area contributed by atoms with E-state index in [0.29, 0.717) is 26.2 Å². The lowest BCUT2D eigenvalue weighted by molar-refractivity contribution is -0.138. The molecule has 1 atom stereocenters. The van der Waals surface area contributed by atoms with Crippen LogP contribution in [-0.4, -0.2) is 59.1 Å². The number of thioether (sulfide) groups is 1. The number of carbonyl (C=O) groups excluding carboxylic acids is 2. The van der Waals surface area contributed by atoms with Crippen LogP contribution in [0.4, 0.5) is 5.69 Å². The minimum absolute atomic E-state index is 0.0844. The van der Waals surface area contributed by atoms with Gasteiger partial charge in [0.1, 0.15) is 6.04 Å². The van der Waals surface area contributed by atoms with Gasteiger partial charge in [-0.15, -0.1) is 0 Å². The van der Waals surface area contributed by atoms with Crippen molar-refractivity contribution in [3.63, 3.8) is 0 Å². The maximum atomic E-state index is 12.8. The van der Waals surface area contributed by atoms with Gasteiger partial charge in [0.15, 0.2) is 0 Å². The van der Waals surface area contributed by atoms with Gasteiger partial charge >= 0.3 is 0 Å². The molecule has 1 aromatic carbocycles. The van der Waals surface area contributed by atoms with E-state index in [1.54, 1.807) is 11.8 Å². The van der Waals surface area contributed by atoms with Crippen LogP contribution in [0.15, 0.2) is 24.3 Å². The van der Waals surface area contributed by atoms with Gasteiger partial charge in [-0.25, -0.2) is 0 Å². The summed E-state index contributed by atoms with van der Waals surface area (Å²) in [5.74, 6) is 1.22. The second-order valence-corrected chi connectivity index (χ2v) is 9.26. The molecule has 6 heteroatoms. The zero-order valence-corrected chi connectivity index (χ0v) is 18.0. The van der Waals surface area contributed by atoms with Crippen molar-refractivity contribution in [1.82, 2.24) is 9.80 Å². The summed E-state index contributed by atoms with van der Waals surface area (Å²) in [4.78, 5) is 27.9. The summed E-state index contributed by atoms with van der Waals surface area (Å²) >= 11 is 2.07. The van der Waals surface area contributed by atoms with Gasteiger partial charge in [-0.1, -0.05) is 31.4 Å². The van der Waals surface area contributed by atoms with E-state index in [0.717, 1.165) is 16.7 Å². The van der Waals surface area contributed by atoms with Crippen molar-refractivity contribution in [1.29, 1.82) is 0 Å². The molecule has 1 aromatic rings. The molecule has 1 aliphatic carbocycles. The molecule has 0 bridgehead atoms. The maximum Gasteiger partial charge on any atom is 0.244 e. The molecule has 1 aliphatic heterocycles. The number of nitrogens with one attached hydrogen (secondary N) is 1. The monoisotopic (exact) mass is 403 g/mol. The van der Waals surface area contributed by atoms with Crippen LogP contribution < -0.4 is 5.32 Å². The number of anilines is 1. The molecule has 1 N–H and O–H groups in total. The van der Waals surface area contributed by atoms with Crippen molar-refractivity contribution in [2.45, 2.75) is 63.0 Å². The number of rotatable bonds is 6. The molecule has 2 amide bonds. The second-order valence-electron chi connectivity index (χ2n) is 7.97. The lowest BCUT2D eigenvalue weighted by atomic mass is 10.0. The van der Waals surface area contributed by atoms with Gasteiger partial charge in [-0.2, -0.15) is 11.8 Å². The molecule has 2 fully saturated rings. The van der Waals surface area contributed by atoms with Crippen LogP contribution in [-0.2, 0) is 15.3 Å². The van der Waals surface area contributed by atoms with Crippen molar-refractivity contribution in [3.05, 3.63) is 29.8 Å². The average molecular weight is 404 g/mol. The zero-order chi connectivity index (χ0) is 19.9. The summed E-state index contributed by atoms with van der Waals surface area (Å²) in [6.45, 7) is 5.98. The second kappa shape index (κ2) is 10.2. The van der Waals surface area contributed by atoms with Crippen molar-refractivity contribution in [3.8, 4) is 0 Å². The Kier molecular flexibility index (Phi) is 7.65. The predicted octanol–water partition coefficient (Wildman–Crippen LogP) is 3.74. The van der Waals surface area contributed by atoms with Crippen LogP contribution in [0, 0.1) is 0 Å². The Labute approximate surface area is 173 Å². The Bertz CT molecular complexity index is 668. The zero-order valence-electron chi connectivity index (χ0n) is 17.2. The summed E-state index contributed by atoms with van der Waals surface area (Å²) in [6, 6.07) is 8.18. The van der Waals surface area contributed by atoms with Crippen LogP contribution in [0.1, 0.15) is 51.5 Å². The van der Waals surface area contributed by atoms with E-state index in [2.05, 4.69) is 35.3 Å². The highest BCUT2D eigenvalue weighted by molar-refractivity contribution is 7.99. The molecule has 0 radical (unpaired) electrons. The average Bonchev–Trinajstić information content (AvgIpc) is 2.73. The fourth-order valence-electron chi connectivity index (χ4n) is 4.02. The SMILES string of the molecule is CC(=O)N1CCN(C(=O)C(C)Nc2cccc(CSC3CCCCC3)c2)CC1. The molecule has 28 heavy (non-hydrogen) atoms. The minimum Gasteiger partial charge on any atom is -0.374 e. The molecule has 3 rings (SSSR count). The third-order valence-corrected chi connectivity index (χ3v) is 7.20. The van der Waals surface area contributed by atoms with Gasteiger partial charge in [0.05, 0.1) is 0 Å². The third-order valence-electron chi connectivity index (χ3n) is 5.76. The summed E-state index contributed by atoms with van der Waals surface area (Å²) in [5.41, 5.74) is 2.32. The number of carbonyl (C=O) groups is 2. The smallest absolute Gasteiger partial charge is 0.244 e. The number of nitrogens with zero attached hydrogens (tertiary/aromatic N) is 2. The van der Waals surface area contributed by atoms with Crippen LogP contribution in [0.5, 0.6) is 0 Å². The quantitative estimate of drug-likeness (QED) is 0.786. The molecule has 0 aromatic heterocycles. The first-order chi connectivity index (χ1) is 13.5. The van der Waals surface area contributed by atoms with Gasteiger partial charge in [0.25, 0.3) is 0 Å². The van der Waals surface area contributed by atoms with Gasteiger partial charge in [-0.3, -0.25) is 9.59 Å². The lowest BCUT2D eigenvalue weighted by Gasteiger charge is -2.35. The summed E-state index contributed by atoms with van der Waals surface area (Å²) in [5, 5.41) is 4.18. The van der Waals surface area contributed by atoms with E-state index in [4.69, 9.17) is 0 Å². The number of hydrogen-bond donors (Lipinski definition) is 1. The van der Waals surface area contributed by atoms with E-state index in [1.165, 1.54) is 37.7 Å². The number of piperazine rings is 1. The van der Waals surface area contributed by atoms with E-state index >= 15 is 0 Å². The van der Waals surface area contributed by atoms with Crippen molar-refractivity contribution in [2.75, 3.05) is 31.5 Å². The largest absolute Gasteiger partial charge is 0.374 e. The molecular weight excluding hydrogens is 370 g/mol. The first-order valence-electron chi connectivity index (χ1n) is 10.5. The van der Waals surface area contributed by atoms with Crippen LogP contribution in [0.25, 0.3) is 0 Å². The Hall–Kier alpha value is -1.69. The molecule has 1 unspecified atom stereocenters. The Morgan fingerprint density at radius 3 is 2.46 bits per heavy atom. The van der Waals surface area contributed by atoms with E-state index < -0.39 is 0 Å². The molecule has 154 valence electrons. The van der Waals surface area contributed by atoms with Crippen LogP contribution >= 0.6 is 11.8 Å². The topological polar surface area (TPSA) is 52.7 Å². The van der Waals surface area contributed by atoms with Crippen molar-refractivity contribution >= 4 is 29.3 Å². The molecule has 2 aliphatic rings. The number of amides is 2. The minimum atomic E-state index is -0.273. The Balaban J connectivity index is 1.48. The number of hydrogen-bond acceptors (Lipinski definition) is 4. The summed E-state index contributed by atoms with van der Waals surface area (Å²) in [6.07, 6.45) is 6.85. The maximum absolute atomic E-state index is 12.8. The van der Waals surface area contributed by atoms with Crippen LogP contribution in [0.2, 0.25) is 0 Å². The Morgan fingerprint density at radius 1 is 1.11 bits per heavy atom. The van der Waals surface area contributed by atoms with Gasteiger partial charge in [-0.05, 0) is 37.5 Å². The van der Waals surface area contributed by atoms with Gasteiger partial charge in [0.2, 0.25) is 11.8 Å².